The van der Waals surface area contributed by atoms with Crippen LogP contribution in [0.1, 0.15) is 264 Å². The summed E-state index contributed by atoms with van der Waals surface area (Å²) in [5, 5.41) is 33.6. The van der Waals surface area contributed by atoms with Crippen LogP contribution in [0.2, 0.25) is 0 Å². The summed E-state index contributed by atoms with van der Waals surface area (Å²) >= 11 is 0. The Morgan fingerprint density at radius 1 is 0.421 bits per heavy atom. The third-order valence-corrected chi connectivity index (χ3v) is 11.7. The SMILES string of the molecule is CCCCCCCCCCCCC/C=C/CC/C=C/CCCC(O)C(O)C(CO)NC(=O)CCCCCCCCC/C=C\CCCCCCCCCCCCCC. The van der Waals surface area contributed by atoms with E-state index in [1.807, 2.05) is 0 Å². The number of aliphatic hydroxyl groups is 3. The van der Waals surface area contributed by atoms with Crippen LogP contribution in [-0.2, 0) is 4.79 Å². The number of allylic oxidation sites excluding steroid dienone is 6. The summed E-state index contributed by atoms with van der Waals surface area (Å²) in [5.41, 5.74) is 0. The Hall–Kier alpha value is -1.43. The number of carbonyl (C=O) groups excluding carboxylic acids is 1. The summed E-state index contributed by atoms with van der Waals surface area (Å²) in [7, 11) is 0. The molecular weight excluding hydrogens is 703 g/mol. The molecule has 0 aliphatic heterocycles. The first-order valence-electron chi connectivity index (χ1n) is 25.3. The van der Waals surface area contributed by atoms with Crippen LogP contribution >= 0.6 is 0 Å². The Kier molecular flexibility index (Phi) is 46.1. The van der Waals surface area contributed by atoms with E-state index in [0.717, 1.165) is 44.9 Å². The van der Waals surface area contributed by atoms with Crippen molar-refractivity contribution in [3.63, 3.8) is 0 Å². The van der Waals surface area contributed by atoms with Crippen molar-refractivity contribution in [1.29, 1.82) is 0 Å². The minimum absolute atomic E-state index is 0.161. The number of carbonyl (C=O) groups is 1. The van der Waals surface area contributed by atoms with Crippen molar-refractivity contribution in [3.8, 4) is 0 Å². The lowest BCUT2D eigenvalue weighted by Crippen LogP contribution is -2.50. The predicted octanol–water partition coefficient (Wildman–Crippen LogP) is 15.1. The normalized spacial score (nSPS) is 13.7. The van der Waals surface area contributed by atoms with Gasteiger partial charge in [0.1, 0.15) is 6.10 Å². The Morgan fingerprint density at radius 3 is 1.07 bits per heavy atom. The summed E-state index contributed by atoms with van der Waals surface area (Å²) in [4.78, 5) is 12.5. The zero-order valence-corrected chi connectivity index (χ0v) is 38.2. The molecule has 0 aromatic heterocycles. The molecular formula is C52H99NO4. The molecule has 0 fully saturated rings. The van der Waals surface area contributed by atoms with Gasteiger partial charge < -0.3 is 20.6 Å². The van der Waals surface area contributed by atoms with Gasteiger partial charge in [-0.25, -0.2) is 0 Å². The second-order valence-electron chi connectivity index (χ2n) is 17.4. The molecule has 0 aromatic rings. The highest BCUT2D eigenvalue weighted by Crippen LogP contribution is 2.16. The zero-order chi connectivity index (χ0) is 41.5. The van der Waals surface area contributed by atoms with Crippen LogP contribution in [0, 0.1) is 0 Å². The molecule has 0 radical (unpaired) electrons. The lowest BCUT2D eigenvalue weighted by molar-refractivity contribution is -0.124. The molecule has 3 unspecified atom stereocenters. The standard InChI is InChI=1S/C52H99NO4/c1-3-5-7-9-11-13-15-17-19-21-23-25-26-27-29-31-33-35-37-39-41-43-45-47-51(56)53-49(48-54)52(57)50(55)46-44-42-40-38-36-34-32-30-28-24-22-20-18-16-14-12-10-8-6-4-2/h27,29-30,32,38,40,49-50,52,54-55,57H,3-26,28,31,33-37,39,41-48H2,1-2H3,(H,53,56)/b29-27-,32-30+,40-38+. The van der Waals surface area contributed by atoms with Gasteiger partial charge in [-0.1, -0.05) is 217 Å². The fraction of sp³-hybridized carbons (Fsp3) is 0.865. The molecule has 5 heteroatoms. The van der Waals surface area contributed by atoms with Crippen molar-refractivity contribution < 1.29 is 20.1 Å². The first-order chi connectivity index (χ1) is 28.1. The molecule has 0 bridgehead atoms. The minimum atomic E-state index is -1.17. The number of hydrogen-bond donors (Lipinski definition) is 4. The van der Waals surface area contributed by atoms with Crippen LogP contribution in [0.5, 0.6) is 0 Å². The van der Waals surface area contributed by atoms with Gasteiger partial charge in [-0.3, -0.25) is 4.79 Å². The zero-order valence-electron chi connectivity index (χ0n) is 38.2. The van der Waals surface area contributed by atoms with E-state index >= 15 is 0 Å². The molecule has 3 atom stereocenters. The van der Waals surface area contributed by atoms with Gasteiger partial charge in [0.2, 0.25) is 5.91 Å². The third kappa shape index (κ3) is 42.5. The molecule has 0 aromatic carbocycles. The van der Waals surface area contributed by atoms with Gasteiger partial charge in [0.15, 0.2) is 0 Å². The first-order valence-corrected chi connectivity index (χ1v) is 25.3. The topological polar surface area (TPSA) is 89.8 Å². The van der Waals surface area contributed by atoms with E-state index in [1.54, 1.807) is 0 Å². The molecule has 0 saturated heterocycles. The molecule has 336 valence electrons. The van der Waals surface area contributed by atoms with Crippen molar-refractivity contribution in [2.75, 3.05) is 6.61 Å². The van der Waals surface area contributed by atoms with E-state index in [4.69, 9.17) is 0 Å². The highest BCUT2D eigenvalue weighted by atomic mass is 16.3. The van der Waals surface area contributed by atoms with Crippen LogP contribution in [-0.4, -0.2) is 46.1 Å². The van der Waals surface area contributed by atoms with Crippen molar-refractivity contribution in [3.05, 3.63) is 36.5 Å². The molecule has 57 heavy (non-hydrogen) atoms. The summed E-state index contributed by atoms with van der Waals surface area (Å²) in [6.07, 6.45) is 59.9. The fourth-order valence-corrected chi connectivity index (χ4v) is 7.76. The summed E-state index contributed by atoms with van der Waals surface area (Å²) < 4.78 is 0. The van der Waals surface area contributed by atoms with Gasteiger partial charge in [-0.2, -0.15) is 0 Å². The van der Waals surface area contributed by atoms with Crippen LogP contribution in [0.4, 0.5) is 0 Å². The molecule has 0 saturated carbocycles. The van der Waals surface area contributed by atoms with Gasteiger partial charge >= 0.3 is 0 Å². The van der Waals surface area contributed by atoms with Gasteiger partial charge in [-0.15, -0.1) is 0 Å². The van der Waals surface area contributed by atoms with Crippen LogP contribution in [0.25, 0.3) is 0 Å². The largest absolute Gasteiger partial charge is 0.394 e. The summed E-state index contributed by atoms with van der Waals surface area (Å²) in [6.45, 7) is 4.18. The van der Waals surface area contributed by atoms with E-state index < -0.39 is 18.2 Å². The second-order valence-corrected chi connectivity index (χ2v) is 17.4. The molecule has 1 amide bonds. The summed E-state index contributed by atoms with van der Waals surface area (Å²) in [5.74, 6) is -0.161. The van der Waals surface area contributed by atoms with Gasteiger partial charge in [-0.05, 0) is 77.0 Å². The lowest BCUT2D eigenvalue weighted by atomic mass is 10.0. The number of unbranched alkanes of at least 4 members (excludes halogenated alkanes) is 32. The van der Waals surface area contributed by atoms with Crippen LogP contribution in [0.3, 0.4) is 0 Å². The van der Waals surface area contributed by atoms with E-state index in [-0.39, 0.29) is 12.5 Å². The number of rotatable bonds is 46. The van der Waals surface area contributed by atoms with Gasteiger partial charge in [0.05, 0.1) is 18.8 Å². The van der Waals surface area contributed by atoms with E-state index in [0.29, 0.717) is 12.8 Å². The number of hydrogen-bond acceptors (Lipinski definition) is 4. The average Bonchev–Trinajstić information content (AvgIpc) is 3.22. The van der Waals surface area contributed by atoms with Gasteiger partial charge in [0, 0.05) is 6.42 Å². The third-order valence-electron chi connectivity index (χ3n) is 11.7. The smallest absolute Gasteiger partial charge is 0.220 e. The Morgan fingerprint density at radius 2 is 0.719 bits per heavy atom. The van der Waals surface area contributed by atoms with Crippen molar-refractivity contribution >= 4 is 5.91 Å². The number of aliphatic hydroxyl groups excluding tert-OH is 3. The molecule has 0 aliphatic carbocycles. The highest BCUT2D eigenvalue weighted by Gasteiger charge is 2.26. The Bertz CT molecular complexity index is 885. The fourth-order valence-electron chi connectivity index (χ4n) is 7.76. The van der Waals surface area contributed by atoms with Crippen molar-refractivity contribution in [2.24, 2.45) is 0 Å². The first kappa shape index (κ1) is 55.6. The van der Waals surface area contributed by atoms with Crippen LogP contribution < -0.4 is 5.32 Å². The minimum Gasteiger partial charge on any atom is -0.394 e. The quantitative estimate of drug-likeness (QED) is 0.0365. The maximum absolute atomic E-state index is 12.5. The molecule has 0 rings (SSSR count). The van der Waals surface area contributed by atoms with E-state index in [9.17, 15) is 20.1 Å². The van der Waals surface area contributed by atoms with Crippen LogP contribution in [0.15, 0.2) is 36.5 Å². The maximum Gasteiger partial charge on any atom is 0.220 e. The predicted molar refractivity (Wildman–Crippen MR) is 250 cm³/mol. The molecule has 5 nitrogen and oxygen atoms in total. The second kappa shape index (κ2) is 47.3. The molecule has 0 spiro atoms. The maximum atomic E-state index is 12.5. The highest BCUT2D eigenvalue weighted by molar-refractivity contribution is 5.76. The Labute approximate surface area is 355 Å². The van der Waals surface area contributed by atoms with Crippen molar-refractivity contribution in [2.45, 2.75) is 283 Å². The summed E-state index contributed by atoms with van der Waals surface area (Å²) in [6, 6.07) is -0.835. The number of nitrogens with one attached hydrogen (secondary N) is 1. The van der Waals surface area contributed by atoms with Gasteiger partial charge in [0.25, 0.3) is 0 Å². The average molecular weight is 802 g/mol. The molecule has 0 aliphatic rings. The molecule has 4 N–H and O–H groups in total. The van der Waals surface area contributed by atoms with E-state index in [1.165, 1.54) is 193 Å². The lowest BCUT2D eigenvalue weighted by Gasteiger charge is -2.26. The van der Waals surface area contributed by atoms with Crippen molar-refractivity contribution in [1.82, 2.24) is 5.32 Å². The van der Waals surface area contributed by atoms with E-state index in [2.05, 4.69) is 55.6 Å². The molecule has 0 heterocycles. The monoisotopic (exact) mass is 802 g/mol. The number of amides is 1. The Balaban J connectivity index is 3.65.